The van der Waals surface area contributed by atoms with Gasteiger partial charge in [0, 0.05) is 18.6 Å². The fourth-order valence-corrected chi connectivity index (χ4v) is 1.30. The largest absolute Gasteiger partial charge is 0.396 e. The number of hydrogen-bond acceptors (Lipinski definition) is 9. The molecule has 146 valence electrons. The Labute approximate surface area is 141 Å². The molecule has 0 radical (unpaired) electrons. The minimum Gasteiger partial charge on any atom is -0.396 e. The zero-order valence-corrected chi connectivity index (χ0v) is 14.0. The first-order chi connectivity index (χ1) is 11.1. The minimum atomic E-state index is -1.49. The smallest absolute Gasteiger partial charge is 0.249 e. The Bertz CT molecular complexity index is 317. The molecule has 0 aromatic carbocycles. The molecule has 0 aromatic heterocycles. The van der Waals surface area contributed by atoms with Crippen LogP contribution in [0.1, 0.15) is 20.3 Å². The zero-order valence-electron chi connectivity index (χ0n) is 14.0. The van der Waals surface area contributed by atoms with Crippen molar-refractivity contribution in [3.63, 3.8) is 0 Å². The molecular weight excluding hydrogens is 326 g/mol. The summed E-state index contributed by atoms with van der Waals surface area (Å²) in [6.07, 6.45) is -5.07. The molecule has 2 unspecified atom stereocenters. The van der Waals surface area contributed by atoms with E-state index in [-0.39, 0.29) is 13.2 Å². The Morgan fingerprint density at radius 2 is 1.42 bits per heavy atom. The van der Waals surface area contributed by atoms with Crippen LogP contribution in [-0.2, 0) is 4.79 Å². The Hall–Kier alpha value is -0.850. The summed E-state index contributed by atoms with van der Waals surface area (Å²) in [5, 5.41) is 71.9. The van der Waals surface area contributed by atoms with E-state index in [2.05, 4.69) is 5.32 Å². The lowest BCUT2D eigenvalue weighted by atomic mass is 9.87. The molecular formula is C14H31NO9. The molecule has 0 aromatic rings. The molecule has 0 rings (SSSR count). The molecule has 24 heavy (non-hydrogen) atoms. The van der Waals surface area contributed by atoms with Crippen LogP contribution in [0.15, 0.2) is 0 Å². The van der Waals surface area contributed by atoms with Gasteiger partial charge in [-0.25, -0.2) is 0 Å². The van der Waals surface area contributed by atoms with Crippen LogP contribution < -0.4 is 5.32 Å². The third kappa shape index (κ3) is 10.1. The summed E-state index contributed by atoms with van der Waals surface area (Å²) < 4.78 is 0. The van der Waals surface area contributed by atoms with E-state index in [0.29, 0.717) is 13.0 Å². The van der Waals surface area contributed by atoms with Gasteiger partial charge in [0.2, 0.25) is 5.91 Å². The Balaban J connectivity index is 0. The number of hydrogen-bond donors (Lipinski definition) is 9. The Kier molecular flexibility index (Phi) is 14.2. The normalized spacial score (nSPS) is 16.4. The topological polar surface area (TPSA) is 191 Å². The van der Waals surface area contributed by atoms with Crippen LogP contribution >= 0.6 is 0 Å². The Morgan fingerprint density at radius 3 is 1.75 bits per heavy atom. The summed E-state index contributed by atoms with van der Waals surface area (Å²) in [7, 11) is 0. The van der Waals surface area contributed by atoms with Crippen molar-refractivity contribution >= 4 is 5.91 Å². The molecule has 0 bridgehead atoms. The number of carbonyl (C=O) groups is 1. The lowest BCUT2D eigenvalue weighted by molar-refractivity contribution is -0.137. The van der Waals surface area contributed by atoms with Crippen LogP contribution in [0.3, 0.4) is 0 Å². The van der Waals surface area contributed by atoms with Crippen LogP contribution in [0.5, 0.6) is 0 Å². The highest BCUT2D eigenvalue weighted by Crippen LogP contribution is 2.19. The number of aliphatic hydroxyl groups excluding tert-OH is 8. The van der Waals surface area contributed by atoms with E-state index in [1.807, 2.05) is 0 Å². The van der Waals surface area contributed by atoms with Gasteiger partial charge in [-0.3, -0.25) is 4.79 Å². The molecule has 0 aliphatic heterocycles. The molecule has 0 aliphatic carbocycles. The number of rotatable bonds is 10. The Morgan fingerprint density at radius 1 is 0.958 bits per heavy atom. The molecule has 0 fully saturated rings. The van der Waals surface area contributed by atoms with E-state index in [4.69, 9.17) is 35.7 Å². The molecule has 1 amide bonds. The van der Waals surface area contributed by atoms with Gasteiger partial charge in [0.1, 0.15) is 24.4 Å². The molecule has 0 spiro atoms. The molecule has 0 aliphatic rings. The van der Waals surface area contributed by atoms with Crippen molar-refractivity contribution in [2.75, 3.05) is 33.0 Å². The molecule has 10 heteroatoms. The molecule has 9 N–H and O–H groups in total. The third-order valence-electron chi connectivity index (χ3n) is 3.19. The second-order valence-electron chi connectivity index (χ2n) is 5.91. The maximum absolute atomic E-state index is 11.3. The molecule has 0 saturated heterocycles. The highest BCUT2D eigenvalue weighted by molar-refractivity contribution is 5.81. The van der Waals surface area contributed by atoms with E-state index >= 15 is 0 Å². The van der Waals surface area contributed by atoms with E-state index in [0.717, 1.165) is 0 Å². The maximum atomic E-state index is 11.3. The van der Waals surface area contributed by atoms with E-state index in [1.165, 1.54) is 0 Å². The van der Waals surface area contributed by atoms with E-state index < -0.39 is 49.0 Å². The second kappa shape index (κ2) is 13.4. The van der Waals surface area contributed by atoms with Gasteiger partial charge in [-0.1, -0.05) is 13.8 Å². The third-order valence-corrected chi connectivity index (χ3v) is 3.19. The minimum absolute atomic E-state index is 0.000230. The van der Waals surface area contributed by atoms with Crippen LogP contribution in [0, 0.1) is 5.41 Å². The van der Waals surface area contributed by atoms with Crippen LogP contribution in [-0.4, -0.2) is 104 Å². The van der Waals surface area contributed by atoms with E-state index in [9.17, 15) is 9.90 Å². The second-order valence-corrected chi connectivity index (χ2v) is 5.91. The van der Waals surface area contributed by atoms with Gasteiger partial charge < -0.3 is 46.2 Å². The first-order valence-electron chi connectivity index (χ1n) is 7.52. The first-order valence-corrected chi connectivity index (χ1v) is 7.52. The molecule has 10 nitrogen and oxygen atoms in total. The SMILES string of the molecule is CC(C)(CO)C(O)C(=O)NCCCO.OC[C@@H](O)C(O)[C@@H](O)CO. The van der Waals surface area contributed by atoms with Gasteiger partial charge in [0.05, 0.1) is 19.8 Å². The van der Waals surface area contributed by atoms with Crippen molar-refractivity contribution in [3.05, 3.63) is 0 Å². The predicted octanol–water partition coefficient (Wildman–Crippen LogP) is -4.08. The number of amides is 1. The molecule has 0 heterocycles. The van der Waals surface area contributed by atoms with Gasteiger partial charge in [0.25, 0.3) is 0 Å². The van der Waals surface area contributed by atoms with Crippen molar-refractivity contribution < 1.29 is 45.6 Å². The maximum Gasteiger partial charge on any atom is 0.249 e. The first kappa shape index (κ1) is 25.4. The van der Waals surface area contributed by atoms with E-state index in [1.54, 1.807) is 13.8 Å². The van der Waals surface area contributed by atoms with Crippen LogP contribution in [0.2, 0.25) is 0 Å². The van der Waals surface area contributed by atoms with Crippen LogP contribution in [0.25, 0.3) is 0 Å². The van der Waals surface area contributed by atoms with Crippen molar-refractivity contribution in [3.8, 4) is 0 Å². The molecule has 4 atom stereocenters. The van der Waals surface area contributed by atoms with Gasteiger partial charge in [-0.2, -0.15) is 0 Å². The number of aliphatic hydroxyl groups is 8. The highest BCUT2D eigenvalue weighted by atomic mass is 16.4. The lowest BCUT2D eigenvalue weighted by Gasteiger charge is -2.27. The zero-order chi connectivity index (χ0) is 19.3. The fourth-order valence-electron chi connectivity index (χ4n) is 1.30. The summed E-state index contributed by atoms with van der Waals surface area (Å²) in [6.45, 7) is 1.98. The standard InChI is InChI=1S/C9H19NO4.C5H12O5/c1-9(2,6-12)7(13)8(14)10-4-3-5-11;6-1-3(8)5(10)4(9)2-7/h7,11-13H,3-6H2,1-2H3,(H,10,14);3-10H,1-2H2/t;3-,4+,5?. The van der Waals surface area contributed by atoms with Gasteiger partial charge >= 0.3 is 0 Å². The summed E-state index contributed by atoms with van der Waals surface area (Å²) in [5.41, 5.74) is -0.844. The van der Waals surface area contributed by atoms with Gasteiger partial charge in [0.15, 0.2) is 0 Å². The summed E-state index contributed by atoms with van der Waals surface area (Å²) in [5.74, 6) is -0.516. The average molecular weight is 357 g/mol. The lowest BCUT2D eigenvalue weighted by Crippen LogP contribution is -2.45. The average Bonchev–Trinajstić information content (AvgIpc) is 2.59. The summed E-state index contributed by atoms with van der Waals surface area (Å²) in [4.78, 5) is 11.3. The predicted molar refractivity (Wildman–Crippen MR) is 83.8 cm³/mol. The van der Waals surface area contributed by atoms with Crippen molar-refractivity contribution in [1.82, 2.24) is 5.32 Å². The molecule has 0 saturated carbocycles. The number of carbonyl (C=O) groups excluding carboxylic acids is 1. The summed E-state index contributed by atoms with van der Waals surface area (Å²) >= 11 is 0. The fraction of sp³-hybridized carbons (Fsp3) is 0.929. The van der Waals surface area contributed by atoms with Gasteiger partial charge in [-0.15, -0.1) is 0 Å². The monoisotopic (exact) mass is 357 g/mol. The van der Waals surface area contributed by atoms with Crippen molar-refractivity contribution in [2.24, 2.45) is 5.41 Å². The van der Waals surface area contributed by atoms with Gasteiger partial charge in [-0.05, 0) is 6.42 Å². The van der Waals surface area contributed by atoms with Crippen molar-refractivity contribution in [1.29, 1.82) is 0 Å². The number of nitrogens with one attached hydrogen (secondary N) is 1. The highest BCUT2D eigenvalue weighted by Gasteiger charge is 2.32. The van der Waals surface area contributed by atoms with Crippen molar-refractivity contribution in [2.45, 2.75) is 44.7 Å². The van der Waals surface area contributed by atoms with Crippen LogP contribution in [0.4, 0.5) is 0 Å². The summed E-state index contributed by atoms with van der Waals surface area (Å²) in [6, 6.07) is 0. The quantitative estimate of drug-likeness (QED) is 0.175.